The summed E-state index contributed by atoms with van der Waals surface area (Å²) >= 11 is 0. The molecule has 3 rings (SSSR count). The van der Waals surface area contributed by atoms with Crippen LogP contribution in [0.4, 0.5) is 5.69 Å². The molecule has 0 saturated carbocycles. The number of aryl methyl sites for hydroxylation is 1. The fraction of sp³-hybridized carbons (Fsp3) is 0.467. The third-order valence-electron chi connectivity index (χ3n) is 4.12. The number of ether oxygens (including phenoxy) is 1. The Kier molecular flexibility index (Phi) is 3.90. The summed E-state index contributed by atoms with van der Waals surface area (Å²) in [5.74, 6) is 4.93. The predicted molar refractivity (Wildman–Crippen MR) is 77.3 cm³/mol. The molecule has 2 heterocycles. The first kappa shape index (κ1) is 14.0. The van der Waals surface area contributed by atoms with E-state index < -0.39 is 6.10 Å². The average Bonchev–Trinajstić information content (AvgIpc) is 2.98. The predicted octanol–water partition coefficient (Wildman–Crippen LogP) is 0.503. The molecule has 1 aromatic rings. The molecule has 6 nitrogen and oxygen atoms in total. The van der Waals surface area contributed by atoms with Crippen LogP contribution in [0.2, 0.25) is 0 Å². The maximum Gasteiger partial charge on any atom is 0.263 e. The Morgan fingerprint density at radius 1 is 1.33 bits per heavy atom. The molecule has 112 valence electrons. The van der Waals surface area contributed by atoms with Gasteiger partial charge in [0, 0.05) is 12.1 Å². The van der Waals surface area contributed by atoms with Gasteiger partial charge in [0.05, 0.1) is 12.6 Å². The van der Waals surface area contributed by atoms with Gasteiger partial charge in [0.1, 0.15) is 6.10 Å². The number of fused-ring (bicyclic) bond motifs is 1. The summed E-state index contributed by atoms with van der Waals surface area (Å²) in [5, 5.41) is 0. The van der Waals surface area contributed by atoms with Gasteiger partial charge in [-0.25, -0.2) is 5.84 Å². The quantitative estimate of drug-likeness (QED) is 0.482. The van der Waals surface area contributed by atoms with E-state index in [1.165, 1.54) is 5.56 Å². The average molecular weight is 289 g/mol. The Morgan fingerprint density at radius 2 is 2.14 bits per heavy atom. The van der Waals surface area contributed by atoms with Gasteiger partial charge in [-0.2, -0.15) is 0 Å². The smallest absolute Gasteiger partial charge is 0.263 e. The third-order valence-corrected chi connectivity index (χ3v) is 4.12. The zero-order valence-electron chi connectivity index (χ0n) is 11.7. The molecule has 2 aliphatic heterocycles. The number of benzene rings is 1. The molecule has 6 heteroatoms. The first-order chi connectivity index (χ1) is 10.2. The van der Waals surface area contributed by atoms with Crippen LogP contribution in [0.3, 0.4) is 0 Å². The maximum atomic E-state index is 12.2. The van der Waals surface area contributed by atoms with Crippen molar-refractivity contribution in [2.24, 2.45) is 5.84 Å². The largest absolute Gasteiger partial charge is 0.363 e. The second-order valence-electron chi connectivity index (χ2n) is 5.47. The van der Waals surface area contributed by atoms with E-state index in [0.29, 0.717) is 19.4 Å². The zero-order chi connectivity index (χ0) is 14.8. The second-order valence-corrected chi connectivity index (χ2v) is 5.47. The van der Waals surface area contributed by atoms with Gasteiger partial charge in [0.25, 0.3) is 5.91 Å². The fourth-order valence-electron chi connectivity index (χ4n) is 3.03. The molecule has 2 aliphatic rings. The van der Waals surface area contributed by atoms with Gasteiger partial charge in [-0.05, 0) is 30.9 Å². The van der Waals surface area contributed by atoms with Crippen molar-refractivity contribution in [1.82, 2.24) is 5.43 Å². The number of amides is 2. The molecule has 0 aromatic heterocycles. The molecular weight excluding hydrogens is 270 g/mol. The van der Waals surface area contributed by atoms with Crippen molar-refractivity contribution in [3.63, 3.8) is 0 Å². The number of carbonyl (C=O) groups excluding carboxylic acids is 2. The number of anilines is 1. The highest BCUT2D eigenvalue weighted by Crippen LogP contribution is 2.30. The number of carbonyl (C=O) groups is 2. The van der Waals surface area contributed by atoms with Gasteiger partial charge >= 0.3 is 0 Å². The number of para-hydroxylation sites is 1. The Bertz CT molecular complexity index is 561. The number of rotatable bonds is 3. The molecule has 0 radical (unpaired) electrons. The van der Waals surface area contributed by atoms with Crippen molar-refractivity contribution in [3.05, 3.63) is 29.8 Å². The van der Waals surface area contributed by atoms with Crippen LogP contribution in [0.15, 0.2) is 24.3 Å². The van der Waals surface area contributed by atoms with E-state index in [1.54, 1.807) is 4.90 Å². The van der Waals surface area contributed by atoms with Crippen molar-refractivity contribution in [3.8, 4) is 0 Å². The van der Waals surface area contributed by atoms with Crippen LogP contribution in [0, 0.1) is 0 Å². The number of nitrogens with zero attached hydrogens (tertiary/aromatic N) is 1. The molecule has 0 bridgehead atoms. The minimum Gasteiger partial charge on any atom is -0.363 e. The monoisotopic (exact) mass is 289 g/mol. The highest BCUT2D eigenvalue weighted by Gasteiger charge is 2.34. The van der Waals surface area contributed by atoms with Crippen molar-refractivity contribution in [2.45, 2.75) is 37.9 Å². The topological polar surface area (TPSA) is 84.7 Å². The van der Waals surface area contributed by atoms with Gasteiger partial charge in [-0.15, -0.1) is 0 Å². The highest BCUT2D eigenvalue weighted by atomic mass is 16.5. The van der Waals surface area contributed by atoms with Crippen molar-refractivity contribution < 1.29 is 14.3 Å². The summed E-state index contributed by atoms with van der Waals surface area (Å²) in [6.07, 6.45) is 2.07. The number of hydrogen-bond donors (Lipinski definition) is 2. The third kappa shape index (κ3) is 2.77. The van der Waals surface area contributed by atoms with Gasteiger partial charge in [0.15, 0.2) is 0 Å². The van der Waals surface area contributed by atoms with Crippen LogP contribution >= 0.6 is 0 Å². The lowest BCUT2D eigenvalue weighted by atomic mass is 10.0. The lowest BCUT2D eigenvalue weighted by molar-refractivity contribution is -0.132. The molecule has 2 atom stereocenters. The van der Waals surface area contributed by atoms with E-state index in [1.807, 2.05) is 18.2 Å². The Morgan fingerprint density at radius 3 is 2.95 bits per heavy atom. The van der Waals surface area contributed by atoms with E-state index in [9.17, 15) is 9.59 Å². The van der Waals surface area contributed by atoms with Crippen molar-refractivity contribution in [1.29, 1.82) is 0 Å². The van der Waals surface area contributed by atoms with E-state index >= 15 is 0 Å². The van der Waals surface area contributed by atoms with Gasteiger partial charge in [0.2, 0.25) is 5.91 Å². The van der Waals surface area contributed by atoms with E-state index in [4.69, 9.17) is 10.6 Å². The van der Waals surface area contributed by atoms with Gasteiger partial charge < -0.3 is 9.64 Å². The molecule has 1 saturated heterocycles. The summed E-state index contributed by atoms with van der Waals surface area (Å²) in [7, 11) is 0. The van der Waals surface area contributed by atoms with Crippen molar-refractivity contribution >= 4 is 17.5 Å². The van der Waals surface area contributed by atoms with Gasteiger partial charge in [-0.3, -0.25) is 15.0 Å². The lowest BCUT2D eigenvalue weighted by Crippen LogP contribution is -2.42. The molecule has 2 amide bonds. The maximum absolute atomic E-state index is 12.2. The van der Waals surface area contributed by atoms with E-state index in [0.717, 1.165) is 18.5 Å². The number of nitrogens with one attached hydrogen (secondary N) is 1. The molecule has 21 heavy (non-hydrogen) atoms. The standard InChI is InChI=1S/C15H19N3O3/c16-17-15(20)13-7-6-11(21-13)9-18-12-4-2-1-3-10(12)5-8-14(18)19/h1-4,11,13H,5-9,16H2,(H,17,20). The normalized spacial score (nSPS) is 24.8. The summed E-state index contributed by atoms with van der Waals surface area (Å²) in [6, 6.07) is 7.94. The highest BCUT2D eigenvalue weighted by molar-refractivity contribution is 5.96. The summed E-state index contributed by atoms with van der Waals surface area (Å²) < 4.78 is 5.69. The minimum atomic E-state index is -0.505. The molecule has 0 spiro atoms. The second kappa shape index (κ2) is 5.83. The Hall–Kier alpha value is -1.92. The molecular formula is C15H19N3O3. The molecule has 1 fully saturated rings. The minimum absolute atomic E-state index is 0.115. The number of hydrazine groups is 1. The fourth-order valence-corrected chi connectivity index (χ4v) is 3.03. The molecule has 2 unspecified atom stereocenters. The van der Waals surface area contributed by atoms with Crippen LogP contribution in [-0.2, 0) is 20.7 Å². The summed E-state index contributed by atoms with van der Waals surface area (Å²) in [6.45, 7) is 0.490. The number of nitrogens with two attached hydrogens (primary N) is 1. The summed E-state index contributed by atoms with van der Waals surface area (Å²) in [5.41, 5.74) is 4.26. The lowest BCUT2D eigenvalue weighted by Gasteiger charge is -2.31. The van der Waals surface area contributed by atoms with Crippen LogP contribution in [0.1, 0.15) is 24.8 Å². The van der Waals surface area contributed by atoms with Gasteiger partial charge in [-0.1, -0.05) is 18.2 Å². The first-order valence-corrected chi connectivity index (χ1v) is 7.23. The van der Waals surface area contributed by atoms with Crippen LogP contribution in [0.5, 0.6) is 0 Å². The van der Waals surface area contributed by atoms with Crippen LogP contribution in [-0.4, -0.2) is 30.6 Å². The first-order valence-electron chi connectivity index (χ1n) is 7.23. The van der Waals surface area contributed by atoms with Crippen LogP contribution < -0.4 is 16.2 Å². The number of hydrogen-bond acceptors (Lipinski definition) is 4. The summed E-state index contributed by atoms with van der Waals surface area (Å²) in [4.78, 5) is 25.4. The Balaban J connectivity index is 1.71. The van der Waals surface area contributed by atoms with Crippen molar-refractivity contribution in [2.75, 3.05) is 11.4 Å². The van der Waals surface area contributed by atoms with E-state index in [2.05, 4.69) is 11.5 Å². The Labute approximate surface area is 123 Å². The SMILES string of the molecule is NNC(=O)C1CCC(CN2C(=O)CCc3ccccc32)O1. The van der Waals surface area contributed by atoms with E-state index in [-0.39, 0.29) is 17.9 Å². The zero-order valence-corrected chi connectivity index (χ0v) is 11.7. The molecule has 1 aromatic carbocycles. The van der Waals surface area contributed by atoms with Crippen LogP contribution in [0.25, 0.3) is 0 Å². The molecule has 3 N–H and O–H groups in total. The molecule has 0 aliphatic carbocycles.